The van der Waals surface area contributed by atoms with Gasteiger partial charge in [-0.25, -0.2) is 10.5 Å². The summed E-state index contributed by atoms with van der Waals surface area (Å²) in [6.45, 7) is 11.3. The van der Waals surface area contributed by atoms with E-state index < -0.39 is 5.60 Å². The number of anilines is 1. The van der Waals surface area contributed by atoms with Crippen molar-refractivity contribution in [3.8, 4) is 0 Å². The third kappa shape index (κ3) is 5.13. The predicted molar refractivity (Wildman–Crippen MR) is 129 cm³/mol. The molecular weight excluding hydrogens is 418 g/mol. The number of fused-ring (bicyclic) bond motifs is 1. The molecule has 4 rings (SSSR count). The zero-order valence-electron chi connectivity index (χ0n) is 19.9. The number of carbonyl (C=O) groups excluding carboxylic acids is 1. The fourth-order valence-electron chi connectivity index (χ4n) is 5.05. The van der Waals surface area contributed by atoms with Crippen LogP contribution in [0, 0.1) is 5.92 Å². The van der Waals surface area contributed by atoms with Crippen molar-refractivity contribution in [2.75, 3.05) is 24.5 Å². The molecule has 33 heavy (non-hydrogen) atoms. The number of hydrogen-bond acceptors (Lipinski definition) is 6. The molecule has 8 nitrogen and oxygen atoms in total. The molecule has 1 aliphatic heterocycles. The zero-order chi connectivity index (χ0) is 23.8. The molecule has 1 fully saturated rings. The van der Waals surface area contributed by atoms with Gasteiger partial charge in [0.05, 0.1) is 11.5 Å². The van der Waals surface area contributed by atoms with Crippen molar-refractivity contribution < 1.29 is 15.1 Å². The Morgan fingerprint density at radius 3 is 2.58 bits per heavy atom. The number of pyridine rings is 1. The molecule has 8 heteroatoms. The Hall–Kier alpha value is -2.68. The molecule has 0 aromatic carbocycles. The molecule has 0 bridgehead atoms. The van der Waals surface area contributed by atoms with Crippen LogP contribution in [0.15, 0.2) is 48.3 Å². The Balaban J connectivity index is 1.51. The van der Waals surface area contributed by atoms with Crippen molar-refractivity contribution in [3.05, 3.63) is 48.3 Å². The third-order valence-corrected chi connectivity index (χ3v) is 6.63. The number of hydrogen-bond donors (Lipinski definition) is 3. The third-order valence-electron chi connectivity index (χ3n) is 6.63. The highest BCUT2D eigenvalue weighted by Gasteiger charge is 2.33. The molecule has 3 N–H and O–H groups in total. The molecule has 1 aliphatic carbocycles. The van der Waals surface area contributed by atoms with E-state index in [-0.39, 0.29) is 11.8 Å². The van der Waals surface area contributed by atoms with Crippen LogP contribution in [-0.2, 0) is 11.3 Å². The lowest BCUT2D eigenvalue weighted by Gasteiger charge is -2.47. The maximum absolute atomic E-state index is 11.6. The van der Waals surface area contributed by atoms with Crippen molar-refractivity contribution in [3.63, 3.8) is 0 Å². The molecule has 2 aliphatic rings. The second-order valence-corrected chi connectivity index (χ2v) is 10.1. The minimum Gasteiger partial charge on any atom is -0.389 e. The molecule has 2 aromatic heterocycles. The number of hydroxylamine groups is 1. The SMILES string of the molecule is CC1CN(c2ccnc3c2ccn3CC2=CCC(C(=O)NO)C=C2)CC(C)N1CC(C)(C)O. The summed E-state index contributed by atoms with van der Waals surface area (Å²) in [4.78, 5) is 21.1. The number of carbonyl (C=O) groups is 1. The number of allylic oxidation sites excluding steroid dienone is 3. The van der Waals surface area contributed by atoms with E-state index in [1.807, 2.05) is 38.3 Å². The molecule has 0 radical (unpaired) electrons. The quantitative estimate of drug-likeness (QED) is 0.460. The largest absolute Gasteiger partial charge is 0.389 e. The topological polar surface area (TPSA) is 93.9 Å². The van der Waals surface area contributed by atoms with Gasteiger partial charge in [-0.2, -0.15) is 0 Å². The average molecular weight is 454 g/mol. The van der Waals surface area contributed by atoms with E-state index >= 15 is 0 Å². The van der Waals surface area contributed by atoms with E-state index in [1.54, 1.807) is 5.48 Å². The summed E-state index contributed by atoms with van der Waals surface area (Å²) in [5.41, 5.74) is 4.25. The average Bonchev–Trinajstić information content (AvgIpc) is 3.18. The summed E-state index contributed by atoms with van der Waals surface area (Å²) in [5.74, 6) is -0.714. The molecule has 1 saturated heterocycles. The molecule has 3 heterocycles. The molecule has 2 aromatic rings. The van der Waals surface area contributed by atoms with Crippen LogP contribution in [0.4, 0.5) is 5.69 Å². The van der Waals surface area contributed by atoms with Crippen molar-refractivity contribution >= 4 is 22.6 Å². The summed E-state index contributed by atoms with van der Waals surface area (Å²) in [6, 6.07) is 4.88. The fraction of sp³-hybridized carbons (Fsp3) is 0.520. The minimum absolute atomic E-state index is 0.326. The highest BCUT2D eigenvalue weighted by atomic mass is 16.5. The van der Waals surface area contributed by atoms with E-state index in [0.29, 0.717) is 31.6 Å². The zero-order valence-corrected chi connectivity index (χ0v) is 19.9. The number of nitrogens with zero attached hydrogens (tertiary/aromatic N) is 4. The van der Waals surface area contributed by atoms with Gasteiger partial charge in [0.15, 0.2) is 0 Å². The molecule has 0 spiro atoms. The van der Waals surface area contributed by atoms with Crippen LogP contribution < -0.4 is 10.4 Å². The highest BCUT2D eigenvalue weighted by Crippen LogP contribution is 2.31. The maximum atomic E-state index is 11.6. The Morgan fingerprint density at radius 2 is 1.97 bits per heavy atom. The maximum Gasteiger partial charge on any atom is 0.250 e. The minimum atomic E-state index is -0.712. The molecule has 3 unspecified atom stereocenters. The van der Waals surface area contributed by atoms with E-state index in [0.717, 1.165) is 29.7 Å². The number of piperazine rings is 1. The van der Waals surface area contributed by atoms with Crippen molar-refractivity contribution in [2.45, 2.75) is 58.3 Å². The number of aromatic nitrogens is 2. The number of amides is 1. The van der Waals surface area contributed by atoms with Crippen molar-refractivity contribution in [1.82, 2.24) is 19.9 Å². The Kier molecular flexibility index (Phi) is 6.61. The van der Waals surface area contributed by atoms with Gasteiger partial charge in [-0.3, -0.25) is 14.9 Å². The van der Waals surface area contributed by atoms with E-state index in [9.17, 15) is 9.90 Å². The Bertz CT molecular complexity index is 1060. The lowest BCUT2D eigenvalue weighted by molar-refractivity contribution is -0.131. The van der Waals surface area contributed by atoms with Gasteiger partial charge in [-0.05, 0) is 51.8 Å². The molecule has 1 amide bonds. The Morgan fingerprint density at radius 1 is 1.24 bits per heavy atom. The number of aliphatic hydroxyl groups is 1. The fourth-order valence-corrected chi connectivity index (χ4v) is 5.05. The Labute approximate surface area is 195 Å². The van der Waals surface area contributed by atoms with Gasteiger partial charge >= 0.3 is 0 Å². The first-order chi connectivity index (χ1) is 15.7. The monoisotopic (exact) mass is 453 g/mol. The number of nitrogens with one attached hydrogen (secondary N) is 1. The second-order valence-electron chi connectivity index (χ2n) is 10.1. The first-order valence-electron chi connectivity index (χ1n) is 11.6. The van der Waals surface area contributed by atoms with Crippen LogP contribution in [0.3, 0.4) is 0 Å². The van der Waals surface area contributed by atoms with Gasteiger partial charge in [0.25, 0.3) is 5.91 Å². The van der Waals surface area contributed by atoms with Crippen LogP contribution in [0.5, 0.6) is 0 Å². The predicted octanol–water partition coefficient (Wildman–Crippen LogP) is 2.71. The number of β-amino-alcohol motifs (C(OH)–C–C–N with tert-alkyl or cyclic N) is 1. The first-order valence-corrected chi connectivity index (χ1v) is 11.6. The summed E-state index contributed by atoms with van der Waals surface area (Å²) >= 11 is 0. The summed E-state index contributed by atoms with van der Waals surface area (Å²) in [6.07, 6.45) is 10.3. The van der Waals surface area contributed by atoms with Crippen molar-refractivity contribution in [2.24, 2.45) is 5.92 Å². The summed E-state index contributed by atoms with van der Waals surface area (Å²) in [5, 5.41) is 20.3. The molecule has 0 saturated carbocycles. The van der Waals surface area contributed by atoms with Gasteiger partial charge in [0, 0.05) is 61.7 Å². The lowest BCUT2D eigenvalue weighted by Crippen LogP contribution is -2.59. The van der Waals surface area contributed by atoms with Crippen LogP contribution in [0.1, 0.15) is 34.1 Å². The van der Waals surface area contributed by atoms with E-state index in [4.69, 9.17) is 5.21 Å². The smallest absolute Gasteiger partial charge is 0.250 e. The van der Waals surface area contributed by atoms with E-state index in [1.165, 1.54) is 5.69 Å². The normalized spacial score (nSPS) is 24.2. The standard InChI is InChI=1S/C25H35N5O3/c1-17-13-29(14-18(2)30(17)16-25(3,4)32)22-9-11-26-23-21(22)10-12-28(23)15-19-5-7-20(8-6-19)24(31)27-33/h5-7,9-12,17-18,20,32-33H,8,13-16H2,1-4H3,(H,27,31). The van der Waals surface area contributed by atoms with Gasteiger partial charge in [0.1, 0.15) is 5.65 Å². The van der Waals surface area contributed by atoms with E-state index in [2.05, 4.69) is 51.5 Å². The highest BCUT2D eigenvalue weighted by molar-refractivity contribution is 5.90. The summed E-state index contributed by atoms with van der Waals surface area (Å²) < 4.78 is 2.14. The van der Waals surface area contributed by atoms with Gasteiger partial charge in [0.2, 0.25) is 0 Å². The van der Waals surface area contributed by atoms with Crippen LogP contribution in [-0.4, -0.2) is 68.0 Å². The van der Waals surface area contributed by atoms with Crippen LogP contribution in [0.2, 0.25) is 0 Å². The second kappa shape index (κ2) is 9.29. The van der Waals surface area contributed by atoms with Gasteiger partial charge in [-0.1, -0.05) is 18.2 Å². The van der Waals surface area contributed by atoms with Gasteiger partial charge < -0.3 is 14.6 Å². The summed E-state index contributed by atoms with van der Waals surface area (Å²) in [7, 11) is 0. The van der Waals surface area contributed by atoms with Crippen LogP contribution in [0.25, 0.3) is 11.0 Å². The molecule has 3 atom stereocenters. The van der Waals surface area contributed by atoms with Crippen molar-refractivity contribution in [1.29, 1.82) is 0 Å². The molecule has 178 valence electrons. The van der Waals surface area contributed by atoms with Crippen LogP contribution >= 0.6 is 0 Å². The number of rotatable bonds is 6. The van der Waals surface area contributed by atoms with Gasteiger partial charge in [-0.15, -0.1) is 0 Å². The lowest BCUT2D eigenvalue weighted by atomic mass is 9.96. The molecular formula is C25H35N5O3. The first kappa shape index (κ1) is 23.5.